The lowest BCUT2D eigenvalue weighted by Crippen LogP contribution is -2.25. The summed E-state index contributed by atoms with van der Waals surface area (Å²) in [6.07, 6.45) is 1.25. The van der Waals surface area contributed by atoms with Gasteiger partial charge in [0, 0.05) is 13.2 Å². The molecule has 2 N–H and O–H groups in total. The van der Waals surface area contributed by atoms with Gasteiger partial charge in [0.05, 0.1) is 4.90 Å². The number of sulfonamides is 1. The summed E-state index contributed by atoms with van der Waals surface area (Å²) >= 11 is 0. The van der Waals surface area contributed by atoms with E-state index in [2.05, 4.69) is 4.72 Å². The average molecular weight is 257 g/mol. The molecule has 0 aliphatic heterocycles. The monoisotopic (exact) mass is 257 g/mol. The number of benzene rings is 1. The molecular weight excluding hydrogens is 238 g/mol. The summed E-state index contributed by atoms with van der Waals surface area (Å²) in [7, 11) is -3.43. The molecule has 0 aromatic heterocycles. The van der Waals surface area contributed by atoms with Crippen LogP contribution in [0.3, 0.4) is 0 Å². The Bertz CT molecular complexity index is 469. The van der Waals surface area contributed by atoms with Crippen LogP contribution in [0, 0.1) is 13.8 Å². The zero-order valence-electron chi connectivity index (χ0n) is 10.2. The van der Waals surface area contributed by atoms with Crippen LogP contribution in [0.4, 0.5) is 0 Å². The molecule has 0 radical (unpaired) electrons. The molecule has 17 heavy (non-hydrogen) atoms. The first kappa shape index (κ1) is 14.2. The van der Waals surface area contributed by atoms with E-state index in [1.807, 2.05) is 13.0 Å². The standard InChI is InChI=1S/C12H19NO3S/c1-10-5-6-11(2)12(9-10)17(15,16)13-7-3-4-8-14/h5-6,9,13-14H,3-4,7-8H2,1-2H3. The predicted molar refractivity (Wildman–Crippen MR) is 67.4 cm³/mol. The van der Waals surface area contributed by atoms with Crippen LogP contribution in [0.1, 0.15) is 24.0 Å². The van der Waals surface area contributed by atoms with Crippen molar-refractivity contribution >= 4 is 10.0 Å². The van der Waals surface area contributed by atoms with Gasteiger partial charge in [0.25, 0.3) is 0 Å². The van der Waals surface area contributed by atoms with Gasteiger partial charge in [-0.25, -0.2) is 13.1 Å². The minimum absolute atomic E-state index is 0.0885. The van der Waals surface area contributed by atoms with Gasteiger partial charge in [0.2, 0.25) is 10.0 Å². The van der Waals surface area contributed by atoms with Gasteiger partial charge >= 0.3 is 0 Å². The van der Waals surface area contributed by atoms with E-state index in [0.29, 0.717) is 24.3 Å². The fourth-order valence-corrected chi connectivity index (χ4v) is 2.92. The molecule has 0 fully saturated rings. The van der Waals surface area contributed by atoms with Gasteiger partial charge in [-0.2, -0.15) is 0 Å². The third-order valence-electron chi connectivity index (χ3n) is 2.51. The van der Waals surface area contributed by atoms with E-state index in [0.717, 1.165) is 11.1 Å². The summed E-state index contributed by atoms with van der Waals surface area (Å²) in [6.45, 7) is 4.09. The van der Waals surface area contributed by atoms with Crippen molar-refractivity contribution in [2.24, 2.45) is 0 Å². The summed E-state index contributed by atoms with van der Waals surface area (Å²) in [5.41, 5.74) is 1.66. The summed E-state index contributed by atoms with van der Waals surface area (Å²) in [4.78, 5) is 0.335. The Morgan fingerprint density at radius 2 is 1.94 bits per heavy atom. The molecule has 5 heteroatoms. The van der Waals surface area contributed by atoms with Gasteiger partial charge in [-0.05, 0) is 43.9 Å². The maximum absolute atomic E-state index is 12.0. The molecule has 0 bridgehead atoms. The van der Waals surface area contributed by atoms with E-state index in [-0.39, 0.29) is 6.61 Å². The molecule has 0 aliphatic rings. The molecule has 0 spiro atoms. The number of aliphatic hydroxyl groups is 1. The van der Waals surface area contributed by atoms with Gasteiger partial charge in [-0.3, -0.25) is 0 Å². The van der Waals surface area contributed by atoms with E-state index in [9.17, 15) is 8.42 Å². The lowest BCUT2D eigenvalue weighted by Gasteiger charge is -2.09. The first-order valence-electron chi connectivity index (χ1n) is 5.65. The number of aryl methyl sites for hydroxylation is 2. The van der Waals surface area contributed by atoms with Crippen LogP contribution in [-0.2, 0) is 10.0 Å². The van der Waals surface area contributed by atoms with Gasteiger partial charge in [0.15, 0.2) is 0 Å². The van der Waals surface area contributed by atoms with E-state index < -0.39 is 10.0 Å². The zero-order valence-corrected chi connectivity index (χ0v) is 11.0. The van der Waals surface area contributed by atoms with E-state index in [1.54, 1.807) is 19.1 Å². The Morgan fingerprint density at radius 1 is 1.24 bits per heavy atom. The number of nitrogens with one attached hydrogen (secondary N) is 1. The number of hydrogen-bond donors (Lipinski definition) is 2. The third-order valence-corrected chi connectivity index (χ3v) is 4.11. The van der Waals surface area contributed by atoms with Gasteiger partial charge in [-0.1, -0.05) is 12.1 Å². The molecule has 0 atom stereocenters. The van der Waals surface area contributed by atoms with E-state index in [1.165, 1.54) is 0 Å². The molecule has 1 aromatic carbocycles. The van der Waals surface area contributed by atoms with Crippen LogP contribution >= 0.6 is 0 Å². The van der Waals surface area contributed by atoms with Crippen molar-refractivity contribution in [1.29, 1.82) is 0 Å². The Balaban J connectivity index is 2.79. The van der Waals surface area contributed by atoms with Crippen molar-refractivity contribution < 1.29 is 13.5 Å². The Kier molecular flexibility index (Phi) is 5.11. The van der Waals surface area contributed by atoms with Gasteiger partial charge in [0.1, 0.15) is 0 Å². The minimum atomic E-state index is -3.43. The van der Waals surface area contributed by atoms with Gasteiger partial charge in [-0.15, -0.1) is 0 Å². The smallest absolute Gasteiger partial charge is 0.240 e. The third kappa shape index (κ3) is 4.11. The molecule has 0 heterocycles. The fraction of sp³-hybridized carbons (Fsp3) is 0.500. The predicted octanol–water partition coefficient (Wildman–Crippen LogP) is 1.35. The van der Waals surface area contributed by atoms with Crippen LogP contribution in [0.25, 0.3) is 0 Å². The topological polar surface area (TPSA) is 66.4 Å². The molecule has 4 nitrogen and oxygen atoms in total. The Morgan fingerprint density at radius 3 is 2.59 bits per heavy atom. The Labute approximate surface area is 103 Å². The number of unbranched alkanes of at least 4 members (excludes halogenated alkanes) is 1. The SMILES string of the molecule is Cc1ccc(C)c(S(=O)(=O)NCCCCO)c1. The normalized spacial score (nSPS) is 11.7. The second-order valence-electron chi connectivity index (χ2n) is 4.10. The maximum atomic E-state index is 12.0. The molecular formula is C12H19NO3S. The van der Waals surface area contributed by atoms with Crippen LogP contribution in [-0.4, -0.2) is 26.7 Å². The van der Waals surface area contributed by atoms with Crippen LogP contribution in [0.5, 0.6) is 0 Å². The summed E-state index contributed by atoms with van der Waals surface area (Å²) < 4.78 is 26.5. The lowest BCUT2D eigenvalue weighted by atomic mass is 10.2. The van der Waals surface area contributed by atoms with Crippen molar-refractivity contribution in [3.8, 4) is 0 Å². The van der Waals surface area contributed by atoms with Crippen LogP contribution in [0.15, 0.2) is 23.1 Å². The highest BCUT2D eigenvalue weighted by Crippen LogP contribution is 2.16. The number of aliphatic hydroxyl groups excluding tert-OH is 1. The van der Waals surface area contributed by atoms with E-state index in [4.69, 9.17) is 5.11 Å². The summed E-state index contributed by atoms with van der Waals surface area (Å²) in [5, 5.41) is 8.62. The van der Waals surface area contributed by atoms with Crippen LogP contribution < -0.4 is 4.72 Å². The Hall–Kier alpha value is -0.910. The molecule has 1 aromatic rings. The number of rotatable bonds is 6. The van der Waals surface area contributed by atoms with Crippen LogP contribution in [0.2, 0.25) is 0 Å². The second kappa shape index (κ2) is 6.14. The highest BCUT2D eigenvalue weighted by atomic mass is 32.2. The summed E-state index contributed by atoms with van der Waals surface area (Å²) in [5.74, 6) is 0. The van der Waals surface area contributed by atoms with E-state index >= 15 is 0 Å². The second-order valence-corrected chi connectivity index (χ2v) is 5.83. The van der Waals surface area contributed by atoms with Crippen molar-refractivity contribution in [1.82, 2.24) is 4.72 Å². The first-order valence-corrected chi connectivity index (χ1v) is 7.13. The molecule has 1 rings (SSSR count). The zero-order chi connectivity index (χ0) is 12.9. The molecule has 0 unspecified atom stereocenters. The molecule has 0 amide bonds. The highest BCUT2D eigenvalue weighted by molar-refractivity contribution is 7.89. The lowest BCUT2D eigenvalue weighted by molar-refractivity contribution is 0.285. The molecule has 0 aliphatic carbocycles. The highest BCUT2D eigenvalue weighted by Gasteiger charge is 2.15. The maximum Gasteiger partial charge on any atom is 0.240 e. The quantitative estimate of drug-likeness (QED) is 0.756. The van der Waals surface area contributed by atoms with Crippen molar-refractivity contribution in [2.45, 2.75) is 31.6 Å². The van der Waals surface area contributed by atoms with Crippen molar-refractivity contribution in [3.63, 3.8) is 0 Å². The van der Waals surface area contributed by atoms with Crippen molar-refractivity contribution in [3.05, 3.63) is 29.3 Å². The molecule has 0 saturated heterocycles. The molecule has 96 valence electrons. The minimum Gasteiger partial charge on any atom is -0.396 e. The van der Waals surface area contributed by atoms with Crippen molar-refractivity contribution in [2.75, 3.05) is 13.2 Å². The largest absolute Gasteiger partial charge is 0.396 e. The first-order chi connectivity index (χ1) is 7.97. The number of hydrogen-bond acceptors (Lipinski definition) is 3. The summed E-state index contributed by atoms with van der Waals surface area (Å²) in [6, 6.07) is 5.36. The fourth-order valence-electron chi connectivity index (χ4n) is 1.52. The average Bonchev–Trinajstić information content (AvgIpc) is 2.28. The van der Waals surface area contributed by atoms with Gasteiger partial charge < -0.3 is 5.11 Å². The molecule has 0 saturated carbocycles.